The molecule has 12 nitrogen and oxygen atoms in total. The van der Waals surface area contributed by atoms with Crippen LogP contribution in [0.25, 0.3) is 0 Å². The second kappa shape index (κ2) is 14.9. The Balaban J connectivity index is 1.31. The van der Waals surface area contributed by atoms with E-state index in [0.717, 1.165) is 62.5 Å². The first-order valence-electron chi connectivity index (χ1n) is 16.5. The zero-order valence-electron chi connectivity index (χ0n) is 27.9. The Bertz CT molecular complexity index is 1350. The number of nitrogens with zero attached hydrogens (tertiary/aromatic N) is 4. The smallest absolute Gasteiger partial charge is 0.410 e. The van der Waals surface area contributed by atoms with Crippen molar-refractivity contribution in [3.05, 3.63) is 47.0 Å². The van der Waals surface area contributed by atoms with E-state index in [1.54, 1.807) is 18.1 Å². The number of carbonyl (C=O) groups excluding carboxylic acids is 2. The summed E-state index contributed by atoms with van der Waals surface area (Å²) in [4.78, 5) is 38.0. The molecule has 0 bridgehead atoms. The van der Waals surface area contributed by atoms with Gasteiger partial charge in [0.1, 0.15) is 23.0 Å². The summed E-state index contributed by atoms with van der Waals surface area (Å²) in [6, 6.07) is 9.07. The molecule has 0 unspecified atom stereocenters. The third-order valence-corrected chi connectivity index (χ3v) is 8.91. The lowest BCUT2D eigenvalue weighted by Gasteiger charge is -2.40. The van der Waals surface area contributed by atoms with Crippen LogP contribution >= 0.6 is 0 Å². The predicted molar refractivity (Wildman–Crippen MR) is 176 cm³/mol. The molecule has 12 heteroatoms. The van der Waals surface area contributed by atoms with Gasteiger partial charge in [0, 0.05) is 58.0 Å². The minimum Gasteiger partial charge on any atom is -0.468 e. The van der Waals surface area contributed by atoms with Crippen molar-refractivity contribution in [2.75, 3.05) is 63.4 Å². The van der Waals surface area contributed by atoms with Crippen LogP contribution in [-0.2, 0) is 22.4 Å². The lowest BCUT2D eigenvalue weighted by Crippen LogP contribution is -2.54. The van der Waals surface area contributed by atoms with E-state index in [1.165, 1.54) is 6.42 Å². The third kappa shape index (κ3) is 8.59. The number of aliphatic hydroxyl groups excluding tert-OH is 1. The third-order valence-electron chi connectivity index (χ3n) is 8.91. The number of rotatable bonds is 11. The molecule has 2 atom stereocenters. The van der Waals surface area contributed by atoms with Gasteiger partial charge in [-0.2, -0.15) is 0 Å². The van der Waals surface area contributed by atoms with Crippen LogP contribution < -0.4 is 20.3 Å². The molecule has 3 heterocycles. The first-order valence-corrected chi connectivity index (χ1v) is 16.5. The monoisotopic (exact) mass is 638 g/mol. The van der Waals surface area contributed by atoms with E-state index in [0.29, 0.717) is 29.6 Å². The molecule has 46 heavy (non-hydrogen) atoms. The summed E-state index contributed by atoms with van der Waals surface area (Å²) in [5, 5.41) is 17.9. The highest BCUT2D eigenvalue weighted by Crippen LogP contribution is 2.30. The number of hydrogen-bond acceptors (Lipinski definition) is 10. The summed E-state index contributed by atoms with van der Waals surface area (Å²) >= 11 is 0. The number of hydrogen-bond donors (Lipinski definition) is 3. The van der Waals surface area contributed by atoms with E-state index in [1.807, 2.05) is 45.0 Å². The van der Waals surface area contributed by atoms with Gasteiger partial charge in [-0.3, -0.25) is 9.69 Å². The minimum atomic E-state index is -1.04. The van der Waals surface area contributed by atoms with Gasteiger partial charge in [-0.1, -0.05) is 13.0 Å². The zero-order valence-corrected chi connectivity index (χ0v) is 27.9. The predicted octanol–water partition coefficient (Wildman–Crippen LogP) is 3.62. The van der Waals surface area contributed by atoms with Crippen LogP contribution in [-0.4, -0.2) is 109 Å². The van der Waals surface area contributed by atoms with Crippen LogP contribution in [0.15, 0.2) is 30.3 Å². The van der Waals surface area contributed by atoms with Crippen LogP contribution in [0.5, 0.6) is 5.75 Å². The van der Waals surface area contributed by atoms with Gasteiger partial charge in [0.05, 0.1) is 12.1 Å². The molecule has 2 aliphatic heterocycles. The van der Waals surface area contributed by atoms with E-state index in [-0.39, 0.29) is 25.8 Å². The van der Waals surface area contributed by atoms with Crippen molar-refractivity contribution in [3.8, 4) is 5.75 Å². The Hall–Kier alpha value is -3.61. The van der Waals surface area contributed by atoms with Gasteiger partial charge in [0.2, 0.25) is 0 Å². The van der Waals surface area contributed by atoms with Gasteiger partial charge >= 0.3 is 6.09 Å². The largest absolute Gasteiger partial charge is 0.468 e. The van der Waals surface area contributed by atoms with E-state index in [2.05, 4.69) is 27.4 Å². The SMILES string of the molecule is CCN1CCN(c2cc(C(=O)NC[C@@H](O)[C@@H]3Cc4ccc(OCOC)cc4CN3C(=O)OC(C)(C)C)cc(NC3CCC3)n2)CC1. The van der Waals surface area contributed by atoms with Crippen molar-refractivity contribution in [2.45, 2.75) is 83.7 Å². The molecule has 3 N–H and O–H groups in total. The number of aliphatic hydroxyl groups is 1. The Labute approximate surface area is 272 Å². The van der Waals surface area contributed by atoms with Gasteiger partial charge < -0.3 is 39.8 Å². The van der Waals surface area contributed by atoms with Crippen LogP contribution in [0.3, 0.4) is 0 Å². The Morgan fingerprint density at radius 2 is 1.85 bits per heavy atom. The maximum absolute atomic E-state index is 13.6. The average molecular weight is 639 g/mol. The summed E-state index contributed by atoms with van der Waals surface area (Å²) < 4.78 is 16.4. The molecule has 0 radical (unpaired) electrons. The topological polar surface area (TPSA) is 129 Å². The molecule has 2 fully saturated rings. The maximum Gasteiger partial charge on any atom is 0.410 e. The highest BCUT2D eigenvalue weighted by Gasteiger charge is 2.37. The fourth-order valence-electron chi connectivity index (χ4n) is 6.04. The number of likely N-dealkylation sites (N-methyl/N-ethyl adjacent to an activating group) is 1. The second-order valence-electron chi connectivity index (χ2n) is 13.4. The first-order chi connectivity index (χ1) is 22.0. The molecule has 2 aromatic rings. The summed E-state index contributed by atoms with van der Waals surface area (Å²) in [6.45, 7) is 12.5. The molecule has 1 aromatic heterocycles. The standard InChI is InChI=1S/C34H50N6O6/c1-6-38-12-14-39(15-13-38)31-19-24(18-30(37-31)36-26-8-7-9-26)32(42)35-20-29(41)28-17-23-10-11-27(45-22-44-5)16-25(23)21-40(28)33(43)46-34(2,3)4/h10-11,16,18-19,26,28-29,41H,6-9,12-15,17,20-22H2,1-5H3,(H,35,42)(H,36,37)/t28-,29+/m0/s1. The van der Waals surface area contributed by atoms with E-state index in [9.17, 15) is 14.7 Å². The van der Waals surface area contributed by atoms with Gasteiger partial charge in [-0.15, -0.1) is 0 Å². The Kier molecular flexibility index (Phi) is 10.9. The number of carbonyl (C=O) groups is 2. The van der Waals surface area contributed by atoms with Crippen molar-refractivity contribution >= 4 is 23.6 Å². The summed E-state index contributed by atoms with van der Waals surface area (Å²) in [6.07, 6.45) is 2.21. The van der Waals surface area contributed by atoms with Crippen molar-refractivity contribution in [1.29, 1.82) is 0 Å². The number of anilines is 2. The number of ether oxygens (including phenoxy) is 3. The number of aromatic nitrogens is 1. The van der Waals surface area contributed by atoms with E-state index >= 15 is 0 Å². The molecule has 252 valence electrons. The van der Waals surface area contributed by atoms with Gasteiger partial charge in [-0.25, -0.2) is 9.78 Å². The van der Waals surface area contributed by atoms with Crippen molar-refractivity contribution in [3.63, 3.8) is 0 Å². The molecular weight excluding hydrogens is 588 g/mol. The zero-order chi connectivity index (χ0) is 32.8. The number of methoxy groups -OCH3 is 1. The number of amides is 2. The highest BCUT2D eigenvalue weighted by atomic mass is 16.7. The number of benzene rings is 1. The Morgan fingerprint density at radius 1 is 1.09 bits per heavy atom. The van der Waals surface area contributed by atoms with Crippen molar-refractivity contribution < 1.29 is 28.9 Å². The van der Waals surface area contributed by atoms with Gasteiger partial charge in [-0.05, 0) is 88.4 Å². The summed E-state index contributed by atoms with van der Waals surface area (Å²) in [5.41, 5.74) is 1.67. The number of fused-ring (bicyclic) bond motifs is 1. The fraction of sp³-hybridized carbons (Fsp3) is 0.618. The van der Waals surface area contributed by atoms with E-state index < -0.39 is 23.8 Å². The molecule has 2 amide bonds. The van der Waals surface area contributed by atoms with E-state index in [4.69, 9.17) is 19.2 Å². The molecule has 1 saturated heterocycles. The Morgan fingerprint density at radius 3 is 2.50 bits per heavy atom. The molecule has 5 rings (SSSR count). The number of nitrogens with one attached hydrogen (secondary N) is 2. The quantitative estimate of drug-likeness (QED) is 0.314. The molecule has 1 aliphatic carbocycles. The van der Waals surface area contributed by atoms with Gasteiger partial charge in [0.25, 0.3) is 5.91 Å². The summed E-state index contributed by atoms with van der Waals surface area (Å²) in [5.74, 6) is 1.80. The molecule has 0 spiro atoms. The van der Waals surface area contributed by atoms with Crippen LogP contribution in [0, 0.1) is 0 Å². The molecule has 3 aliphatic rings. The van der Waals surface area contributed by atoms with Crippen LogP contribution in [0.1, 0.15) is 68.4 Å². The summed E-state index contributed by atoms with van der Waals surface area (Å²) in [7, 11) is 1.56. The number of pyridine rings is 1. The molecule has 1 saturated carbocycles. The second-order valence-corrected chi connectivity index (χ2v) is 13.4. The van der Waals surface area contributed by atoms with Crippen molar-refractivity contribution in [1.82, 2.24) is 20.1 Å². The van der Waals surface area contributed by atoms with Crippen LogP contribution in [0.2, 0.25) is 0 Å². The van der Waals surface area contributed by atoms with Gasteiger partial charge in [0.15, 0.2) is 6.79 Å². The first kappa shape index (κ1) is 33.7. The minimum absolute atomic E-state index is 0.0363. The van der Waals surface area contributed by atoms with Crippen molar-refractivity contribution in [2.24, 2.45) is 0 Å². The highest BCUT2D eigenvalue weighted by molar-refractivity contribution is 5.95. The lowest BCUT2D eigenvalue weighted by atomic mass is 9.91. The maximum atomic E-state index is 13.6. The number of piperazine rings is 1. The van der Waals surface area contributed by atoms with Crippen LogP contribution in [0.4, 0.5) is 16.4 Å². The normalized spacial score (nSPS) is 19.6. The average Bonchev–Trinajstić information content (AvgIpc) is 3.02. The molecular formula is C34H50N6O6. The molecule has 1 aromatic carbocycles. The lowest BCUT2D eigenvalue weighted by molar-refractivity contribution is -0.0114. The fourth-order valence-corrected chi connectivity index (χ4v) is 6.04.